The first-order valence-corrected chi connectivity index (χ1v) is 14.3. The van der Waals surface area contributed by atoms with Gasteiger partial charge in [0.05, 0.1) is 13.2 Å². The van der Waals surface area contributed by atoms with Gasteiger partial charge in [-0.25, -0.2) is 0 Å². The van der Waals surface area contributed by atoms with Crippen LogP contribution in [-0.4, -0.2) is 13.2 Å². The van der Waals surface area contributed by atoms with Gasteiger partial charge in [0.15, 0.2) is 11.5 Å². The van der Waals surface area contributed by atoms with Gasteiger partial charge >= 0.3 is 0 Å². The monoisotopic (exact) mass is 476 g/mol. The SMILES string of the molecule is CCCC1CCC(CCC2CCC3CC(COc4ccc(OCC)c(F)c4F)CCC3C2)CC1. The van der Waals surface area contributed by atoms with Crippen LogP contribution in [0.15, 0.2) is 12.1 Å². The van der Waals surface area contributed by atoms with E-state index in [2.05, 4.69) is 6.92 Å². The molecule has 0 spiro atoms. The minimum Gasteiger partial charge on any atom is -0.491 e. The smallest absolute Gasteiger partial charge is 0.204 e. The third-order valence-corrected chi connectivity index (χ3v) is 9.26. The molecule has 0 aliphatic heterocycles. The van der Waals surface area contributed by atoms with Crippen LogP contribution in [0.5, 0.6) is 11.5 Å². The van der Waals surface area contributed by atoms with Crippen molar-refractivity contribution in [1.82, 2.24) is 0 Å². The summed E-state index contributed by atoms with van der Waals surface area (Å²) in [5.74, 6) is 3.14. The Morgan fingerprint density at radius 1 is 0.647 bits per heavy atom. The molecule has 3 saturated carbocycles. The van der Waals surface area contributed by atoms with Crippen molar-refractivity contribution in [3.63, 3.8) is 0 Å². The van der Waals surface area contributed by atoms with Crippen molar-refractivity contribution in [3.8, 4) is 11.5 Å². The van der Waals surface area contributed by atoms with Crippen LogP contribution in [0.3, 0.4) is 0 Å². The van der Waals surface area contributed by atoms with Crippen molar-refractivity contribution in [1.29, 1.82) is 0 Å². The lowest BCUT2D eigenvalue weighted by molar-refractivity contribution is 0.0713. The maximum absolute atomic E-state index is 14.3. The van der Waals surface area contributed by atoms with Gasteiger partial charge in [0.25, 0.3) is 0 Å². The molecule has 0 bridgehead atoms. The average Bonchev–Trinajstić information content (AvgIpc) is 2.86. The minimum atomic E-state index is -0.949. The standard InChI is InChI=1S/C30H46F2O2/c1-3-5-21-6-8-22(9-7-21)10-11-23-12-14-26-19-24(13-15-25(26)18-23)20-34-28-17-16-27(33-4-2)29(31)30(28)32/h16-17,21-26H,3-15,18-20H2,1-2H3. The van der Waals surface area contributed by atoms with E-state index in [1.54, 1.807) is 6.92 Å². The number of ether oxygens (including phenoxy) is 2. The summed E-state index contributed by atoms with van der Waals surface area (Å²) < 4.78 is 39.3. The molecular weight excluding hydrogens is 430 g/mol. The summed E-state index contributed by atoms with van der Waals surface area (Å²) in [6, 6.07) is 2.96. The maximum Gasteiger partial charge on any atom is 0.204 e. The van der Waals surface area contributed by atoms with Crippen LogP contribution in [-0.2, 0) is 0 Å². The molecule has 0 aromatic heterocycles. The van der Waals surface area contributed by atoms with E-state index < -0.39 is 11.6 Å². The van der Waals surface area contributed by atoms with Crippen molar-refractivity contribution in [2.75, 3.05) is 13.2 Å². The first kappa shape index (κ1) is 25.8. The van der Waals surface area contributed by atoms with Crippen molar-refractivity contribution in [2.24, 2.45) is 35.5 Å². The predicted octanol–water partition coefficient (Wildman–Crippen LogP) is 8.96. The van der Waals surface area contributed by atoms with Gasteiger partial charge in [-0.05, 0) is 86.7 Å². The highest BCUT2D eigenvalue weighted by Crippen LogP contribution is 2.46. The largest absolute Gasteiger partial charge is 0.491 e. The molecule has 34 heavy (non-hydrogen) atoms. The zero-order chi connectivity index (χ0) is 23.9. The molecule has 2 nitrogen and oxygen atoms in total. The third-order valence-electron chi connectivity index (χ3n) is 9.26. The highest BCUT2D eigenvalue weighted by Gasteiger charge is 2.36. The molecule has 0 saturated heterocycles. The van der Waals surface area contributed by atoms with Gasteiger partial charge in [-0.15, -0.1) is 0 Å². The molecule has 4 rings (SSSR count). The molecule has 4 unspecified atom stereocenters. The summed E-state index contributed by atoms with van der Waals surface area (Å²) in [4.78, 5) is 0. The molecule has 3 aliphatic rings. The van der Waals surface area contributed by atoms with Crippen molar-refractivity contribution in [2.45, 2.75) is 104 Å². The van der Waals surface area contributed by atoms with E-state index in [1.807, 2.05) is 0 Å². The molecule has 4 heteroatoms. The van der Waals surface area contributed by atoms with Crippen LogP contribution in [0.2, 0.25) is 0 Å². The first-order valence-electron chi connectivity index (χ1n) is 14.3. The lowest BCUT2D eigenvalue weighted by atomic mass is 9.64. The van der Waals surface area contributed by atoms with E-state index >= 15 is 0 Å². The fourth-order valence-corrected chi connectivity index (χ4v) is 7.29. The van der Waals surface area contributed by atoms with E-state index in [9.17, 15) is 8.78 Å². The second-order valence-corrected chi connectivity index (χ2v) is 11.6. The Morgan fingerprint density at radius 2 is 1.15 bits per heavy atom. The number of benzene rings is 1. The van der Waals surface area contributed by atoms with Crippen LogP contribution in [0.1, 0.15) is 104 Å². The Hall–Kier alpha value is -1.32. The first-order chi connectivity index (χ1) is 16.6. The molecular formula is C30H46F2O2. The number of halogens is 2. The molecule has 1 aromatic rings. The van der Waals surface area contributed by atoms with Gasteiger partial charge in [0.2, 0.25) is 11.6 Å². The van der Waals surface area contributed by atoms with Crippen LogP contribution >= 0.6 is 0 Å². The molecule has 4 atom stereocenters. The molecule has 0 radical (unpaired) electrons. The normalized spacial score (nSPS) is 31.6. The molecule has 0 N–H and O–H groups in total. The Bertz CT molecular complexity index is 758. The Morgan fingerprint density at radius 3 is 1.76 bits per heavy atom. The second kappa shape index (κ2) is 12.6. The van der Waals surface area contributed by atoms with Crippen LogP contribution in [0.25, 0.3) is 0 Å². The van der Waals surface area contributed by atoms with E-state index in [0.717, 1.165) is 36.0 Å². The van der Waals surface area contributed by atoms with Gasteiger partial charge in [0, 0.05) is 0 Å². The summed E-state index contributed by atoms with van der Waals surface area (Å²) in [5, 5.41) is 0. The molecule has 0 amide bonds. The molecule has 192 valence electrons. The predicted molar refractivity (Wildman–Crippen MR) is 134 cm³/mol. The van der Waals surface area contributed by atoms with E-state index in [-0.39, 0.29) is 11.5 Å². The summed E-state index contributed by atoms with van der Waals surface area (Å²) in [6.07, 6.45) is 19.4. The van der Waals surface area contributed by atoms with Crippen molar-refractivity contribution >= 4 is 0 Å². The number of rotatable bonds is 10. The van der Waals surface area contributed by atoms with Crippen molar-refractivity contribution in [3.05, 3.63) is 23.8 Å². The van der Waals surface area contributed by atoms with Crippen LogP contribution in [0.4, 0.5) is 8.78 Å². The van der Waals surface area contributed by atoms with Crippen LogP contribution in [0, 0.1) is 47.1 Å². The van der Waals surface area contributed by atoms with Gasteiger partial charge in [-0.1, -0.05) is 64.7 Å². The van der Waals surface area contributed by atoms with Gasteiger partial charge in [-0.3, -0.25) is 0 Å². The number of hydrogen-bond donors (Lipinski definition) is 0. The van der Waals surface area contributed by atoms with Crippen LogP contribution < -0.4 is 9.47 Å². The highest BCUT2D eigenvalue weighted by atomic mass is 19.2. The summed E-state index contributed by atoms with van der Waals surface area (Å²) >= 11 is 0. The lowest BCUT2D eigenvalue weighted by Crippen LogP contribution is -2.33. The van der Waals surface area contributed by atoms with E-state index in [4.69, 9.17) is 9.47 Å². The Balaban J connectivity index is 1.17. The molecule has 3 aliphatic carbocycles. The fraction of sp³-hybridized carbons (Fsp3) is 0.800. The van der Waals surface area contributed by atoms with Crippen molar-refractivity contribution < 1.29 is 18.3 Å². The minimum absolute atomic E-state index is 0.00973. The van der Waals surface area contributed by atoms with E-state index in [1.165, 1.54) is 95.6 Å². The van der Waals surface area contributed by atoms with Gasteiger partial charge < -0.3 is 9.47 Å². The highest BCUT2D eigenvalue weighted by molar-refractivity contribution is 5.35. The number of hydrogen-bond acceptors (Lipinski definition) is 2. The molecule has 1 aromatic carbocycles. The summed E-state index contributed by atoms with van der Waals surface area (Å²) in [5.41, 5.74) is 0. The fourth-order valence-electron chi connectivity index (χ4n) is 7.29. The zero-order valence-corrected chi connectivity index (χ0v) is 21.5. The lowest BCUT2D eigenvalue weighted by Gasteiger charge is -2.42. The Labute approximate surface area is 206 Å². The Kier molecular flexibility index (Phi) is 9.53. The number of fused-ring (bicyclic) bond motifs is 1. The summed E-state index contributed by atoms with van der Waals surface area (Å²) in [7, 11) is 0. The second-order valence-electron chi connectivity index (χ2n) is 11.6. The molecule has 0 heterocycles. The topological polar surface area (TPSA) is 18.5 Å². The average molecular weight is 477 g/mol. The van der Waals surface area contributed by atoms with Gasteiger partial charge in [0.1, 0.15) is 0 Å². The zero-order valence-electron chi connectivity index (χ0n) is 21.5. The third kappa shape index (κ3) is 6.66. The van der Waals surface area contributed by atoms with Gasteiger partial charge in [-0.2, -0.15) is 8.78 Å². The maximum atomic E-state index is 14.3. The molecule has 3 fully saturated rings. The summed E-state index contributed by atoms with van der Waals surface area (Å²) in [6.45, 7) is 4.87. The quantitative estimate of drug-likeness (QED) is 0.335. The van der Waals surface area contributed by atoms with E-state index in [0.29, 0.717) is 19.1 Å².